The quantitative estimate of drug-likeness (QED) is 0.0233. The van der Waals surface area contributed by atoms with Gasteiger partial charge in [0, 0.05) is 12.8 Å². The monoisotopic (exact) mass is 987 g/mol. The Kier molecular flexibility index (Phi) is 52.5. The lowest BCUT2D eigenvalue weighted by Crippen LogP contribution is -2.29. The number of esters is 2. The van der Waals surface area contributed by atoms with Gasteiger partial charge in [-0.25, -0.2) is 4.57 Å². The van der Waals surface area contributed by atoms with Gasteiger partial charge in [-0.3, -0.25) is 18.6 Å². The number of hydrogen-bond acceptors (Lipinski definition) is 9. The maximum absolute atomic E-state index is 12.7. The average molecular weight is 987 g/mol. The van der Waals surface area contributed by atoms with E-state index in [9.17, 15) is 24.2 Å². The first-order chi connectivity index (χ1) is 33.2. The molecule has 0 spiro atoms. The van der Waals surface area contributed by atoms with E-state index in [1.54, 1.807) is 0 Å². The third kappa shape index (κ3) is 52.5. The van der Waals surface area contributed by atoms with Gasteiger partial charge in [0.1, 0.15) is 12.7 Å². The van der Waals surface area contributed by atoms with Crippen molar-refractivity contribution in [2.45, 2.75) is 315 Å². The van der Waals surface area contributed by atoms with Gasteiger partial charge >= 0.3 is 19.8 Å². The smallest absolute Gasteiger partial charge is 0.462 e. The molecule has 0 aromatic rings. The molecule has 0 aliphatic carbocycles. The van der Waals surface area contributed by atoms with Crippen molar-refractivity contribution in [2.75, 3.05) is 26.4 Å². The second kappa shape index (κ2) is 53.5. The van der Waals surface area contributed by atoms with Crippen LogP contribution in [-0.4, -0.2) is 65.7 Å². The summed E-state index contributed by atoms with van der Waals surface area (Å²) in [6.45, 7) is 2.46. The van der Waals surface area contributed by atoms with Crippen LogP contribution in [0, 0.1) is 0 Å². The maximum Gasteiger partial charge on any atom is 0.472 e. The minimum absolute atomic E-state index is 0.189. The van der Waals surface area contributed by atoms with E-state index in [2.05, 4.69) is 26.0 Å². The van der Waals surface area contributed by atoms with E-state index in [-0.39, 0.29) is 19.4 Å². The fourth-order valence-electron chi connectivity index (χ4n) is 8.70. The molecule has 0 saturated heterocycles. The molecule has 0 aliphatic heterocycles. The first kappa shape index (κ1) is 66.7. The van der Waals surface area contributed by atoms with Crippen LogP contribution in [0.5, 0.6) is 0 Å². The number of rotatable bonds is 56. The molecule has 3 atom stereocenters. The summed E-state index contributed by atoms with van der Waals surface area (Å²) >= 11 is 0. The van der Waals surface area contributed by atoms with E-state index in [1.165, 1.54) is 231 Å². The van der Waals surface area contributed by atoms with Crippen LogP contribution in [0.25, 0.3) is 0 Å². The van der Waals surface area contributed by atoms with Gasteiger partial charge in [-0.2, -0.15) is 0 Å². The van der Waals surface area contributed by atoms with Crippen LogP contribution in [0.2, 0.25) is 0 Å². The largest absolute Gasteiger partial charge is 0.472 e. The third-order valence-corrected chi connectivity index (χ3v) is 14.1. The van der Waals surface area contributed by atoms with Crippen molar-refractivity contribution in [3.8, 4) is 0 Å². The molecule has 3 N–H and O–H groups in total. The third-order valence-electron chi connectivity index (χ3n) is 13.2. The number of phosphoric acid groups is 1. The van der Waals surface area contributed by atoms with Crippen molar-refractivity contribution in [3.63, 3.8) is 0 Å². The highest BCUT2D eigenvalue weighted by atomic mass is 31.2. The number of carbonyl (C=O) groups excluding carboxylic acids is 2. The van der Waals surface area contributed by atoms with Crippen LogP contribution < -0.4 is 0 Å². The zero-order valence-corrected chi connectivity index (χ0v) is 45.5. The number of carbonyl (C=O) groups is 2. The number of hydrogen-bond donors (Lipinski definition) is 3. The Bertz CT molecular complexity index is 1140. The molecule has 0 bridgehead atoms. The van der Waals surface area contributed by atoms with Crippen molar-refractivity contribution < 1.29 is 47.8 Å². The van der Waals surface area contributed by atoms with Crippen LogP contribution >= 0.6 is 7.82 Å². The highest BCUT2D eigenvalue weighted by molar-refractivity contribution is 7.47. The lowest BCUT2D eigenvalue weighted by molar-refractivity contribution is -0.161. The van der Waals surface area contributed by atoms with Gasteiger partial charge in [0.15, 0.2) is 6.10 Å². The van der Waals surface area contributed by atoms with E-state index >= 15 is 0 Å². The average Bonchev–Trinajstić information content (AvgIpc) is 3.33. The minimum Gasteiger partial charge on any atom is -0.462 e. The van der Waals surface area contributed by atoms with Gasteiger partial charge in [0.05, 0.1) is 19.8 Å². The summed E-state index contributed by atoms with van der Waals surface area (Å²) in [6, 6.07) is 0. The van der Waals surface area contributed by atoms with Crippen LogP contribution in [0.1, 0.15) is 303 Å². The zero-order chi connectivity index (χ0) is 49.7. The fourth-order valence-corrected chi connectivity index (χ4v) is 9.49. The van der Waals surface area contributed by atoms with E-state index in [0.717, 1.165) is 32.1 Å². The normalized spacial score (nSPS) is 13.5. The number of unbranched alkanes of at least 4 members (excludes halogenated alkanes) is 40. The molecule has 3 unspecified atom stereocenters. The Labute approximate surface area is 419 Å². The number of allylic oxidation sites excluding steroid dienone is 2. The Morgan fingerprint density at radius 2 is 0.721 bits per heavy atom. The van der Waals surface area contributed by atoms with E-state index < -0.39 is 51.8 Å². The predicted octanol–water partition coefficient (Wildman–Crippen LogP) is 17.1. The standard InChI is InChI=1S/C57H111O10P/c1-3-5-7-9-11-13-15-17-19-21-23-25-27-29-31-33-35-37-39-41-43-45-47-49-57(61)67-55(53-66-68(62,63)65-51-54(59)50-58)52-64-56(60)48-46-44-42-40-38-36-34-32-30-28-26-24-22-20-18-16-14-12-10-8-6-4-2/h21,23,54-55,58-59H,3-20,22,24-53H2,1-2H3,(H,62,63)/b23-21-. The highest BCUT2D eigenvalue weighted by Crippen LogP contribution is 2.43. The van der Waals surface area contributed by atoms with Gasteiger partial charge in [0.2, 0.25) is 0 Å². The van der Waals surface area contributed by atoms with E-state index in [4.69, 9.17) is 23.6 Å². The summed E-state index contributed by atoms with van der Waals surface area (Å²) in [7, 11) is -4.62. The van der Waals surface area contributed by atoms with Crippen molar-refractivity contribution in [2.24, 2.45) is 0 Å². The fraction of sp³-hybridized carbons (Fsp3) is 0.930. The van der Waals surface area contributed by atoms with Gasteiger partial charge in [-0.15, -0.1) is 0 Å². The maximum atomic E-state index is 12.7. The molecule has 0 rings (SSSR count). The summed E-state index contributed by atoms with van der Waals surface area (Å²) in [4.78, 5) is 35.3. The SMILES string of the molecule is CCCCCCCCCC/C=C\CCCCCCCCCCCCCC(=O)OC(COC(=O)CCCCCCCCCCCCCCCCCCCCCCCC)COP(=O)(O)OCC(O)CO. The Balaban J connectivity index is 4.06. The predicted molar refractivity (Wildman–Crippen MR) is 284 cm³/mol. The zero-order valence-electron chi connectivity index (χ0n) is 44.6. The molecule has 0 amide bonds. The van der Waals surface area contributed by atoms with E-state index in [1.807, 2.05) is 0 Å². The molecule has 0 radical (unpaired) electrons. The number of aliphatic hydroxyl groups excluding tert-OH is 2. The Morgan fingerprint density at radius 3 is 1.06 bits per heavy atom. The lowest BCUT2D eigenvalue weighted by atomic mass is 10.0. The molecule has 0 saturated carbocycles. The molecule has 10 nitrogen and oxygen atoms in total. The molecule has 11 heteroatoms. The Morgan fingerprint density at radius 1 is 0.426 bits per heavy atom. The van der Waals surface area contributed by atoms with Gasteiger partial charge in [0.25, 0.3) is 0 Å². The van der Waals surface area contributed by atoms with Crippen LogP contribution in [0.15, 0.2) is 12.2 Å². The molecule has 0 fully saturated rings. The molecular weight excluding hydrogens is 876 g/mol. The van der Waals surface area contributed by atoms with Crippen LogP contribution in [-0.2, 0) is 32.7 Å². The minimum atomic E-state index is -4.62. The summed E-state index contributed by atoms with van der Waals surface area (Å²) in [5.74, 6) is -0.904. The van der Waals surface area contributed by atoms with Crippen molar-refractivity contribution in [3.05, 3.63) is 12.2 Å². The second-order valence-corrected chi connectivity index (χ2v) is 21.5. The van der Waals surface area contributed by atoms with E-state index in [0.29, 0.717) is 12.8 Å². The summed E-state index contributed by atoms with van der Waals surface area (Å²) < 4.78 is 33.0. The molecule has 0 aromatic heterocycles. The topological polar surface area (TPSA) is 149 Å². The second-order valence-electron chi connectivity index (χ2n) is 20.0. The number of phosphoric ester groups is 1. The molecule has 0 aromatic carbocycles. The lowest BCUT2D eigenvalue weighted by Gasteiger charge is -2.20. The summed E-state index contributed by atoms with van der Waals surface area (Å²) in [5.41, 5.74) is 0. The number of aliphatic hydroxyl groups is 2. The molecule has 0 aliphatic rings. The summed E-state index contributed by atoms with van der Waals surface area (Å²) in [5, 5.41) is 18.4. The van der Waals surface area contributed by atoms with Crippen molar-refractivity contribution in [1.29, 1.82) is 0 Å². The Hall–Kier alpha value is -1.29. The first-order valence-corrected chi connectivity index (χ1v) is 30.6. The van der Waals surface area contributed by atoms with Crippen LogP contribution in [0.4, 0.5) is 0 Å². The van der Waals surface area contributed by atoms with Crippen molar-refractivity contribution in [1.82, 2.24) is 0 Å². The molecule has 68 heavy (non-hydrogen) atoms. The van der Waals surface area contributed by atoms with Gasteiger partial charge in [-0.05, 0) is 38.5 Å². The summed E-state index contributed by atoms with van der Waals surface area (Å²) in [6.07, 6.45) is 57.6. The van der Waals surface area contributed by atoms with Gasteiger partial charge in [-0.1, -0.05) is 264 Å². The highest BCUT2D eigenvalue weighted by Gasteiger charge is 2.27. The van der Waals surface area contributed by atoms with Crippen LogP contribution in [0.3, 0.4) is 0 Å². The molecule has 0 heterocycles. The van der Waals surface area contributed by atoms with Gasteiger partial charge < -0.3 is 24.6 Å². The molecule has 404 valence electrons. The number of ether oxygens (including phenoxy) is 2. The van der Waals surface area contributed by atoms with Crippen molar-refractivity contribution >= 4 is 19.8 Å². The first-order valence-electron chi connectivity index (χ1n) is 29.1. The molecular formula is C57H111O10P.